The van der Waals surface area contributed by atoms with E-state index in [0.29, 0.717) is 22.3 Å². The van der Waals surface area contributed by atoms with Crippen molar-refractivity contribution in [2.45, 2.75) is 10.1 Å². The highest BCUT2D eigenvalue weighted by atomic mass is 32.2. The van der Waals surface area contributed by atoms with E-state index in [2.05, 4.69) is 15.6 Å². The maximum atomic E-state index is 13.6. The Morgan fingerprint density at radius 2 is 1.57 bits per heavy atom. The van der Waals surface area contributed by atoms with Gasteiger partial charge in [-0.25, -0.2) is 9.78 Å². The van der Waals surface area contributed by atoms with Crippen LogP contribution in [0.15, 0.2) is 113 Å². The lowest BCUT2D eigenvalue weighted by Crippen LogP contribution is -2.19. The Balaban J connectivity index is 1.35. The van der Waals surface area contributed by atoms with Gasteiger partial charge in [0.1, 0.15) is 11.0 Å². The fourth-order valence-corrected chi connectivity index (χ4v) is 6.03. The van der Waals surface area contributed by atoms with E-state index in [-0.39, 0.29) is 17.0 Å². The van der Waals surface area contributed by atoms with Crippen LogP contribution in [-0.4, -0.2) is 35.0 Å². The number of carboxylic acids is 1. The molecule has 2 amide bonds. The van der Waals surface area contributed by atoms with Gasteiger partial charge in [0.15, 0.2) is 5.13 Å². The fourth-order valence-electron chi connectivity index (χ4n) is 4.23. The first-order valence-electron chi connectivity index (χ1n) is 12.8. The van der Waals surface area contributed by atoms with E-state index < -0.39 is 17.1 Å². The van der Waals surface area contributed by atoms with Gasteiger partial charge in [-0.1, -0.05) is 60.7 Å². The second-order valence-corrected chi connectivity index (χ2v) is 11.0. The zero-order chi connectivity index (χ0) is 29.5. The molecule has 0 fully saturated rings. The van der Waals surface area contributed by atoms with Crippen molar-refractivity contribution in [3.05, 3.63) is 125 Å². The summed E-state index contributed by atoms with van der Waals surface area (Å²) in [5, 5.41) is 16.9. The van der Waals surface area contributed by atoms with E-state index in [1.165, 1.54) is 35.2 Å². The Morgan fingerprint density at radius 1 is 0.857 bits per heavy atom. The average molecular weight is 596 g/mol. The lowest BCUT2D eigenvalue weighted by atomic mass is 10.1. The number of benzene rings is 4. The predicted octanol–water partition coefficient (Wildman–Crippen LogP) is 7.24. The number of aromatic carboxylic acids is 1. The molecule has 0 aliphatic heterocycles. The minimum atomic E-state index is -1.18. The number of thiazole rings is 1. The first kappa shape index (κ1) is 28.6. The number of hydrogen-bond acceptors (Lipinski definition) is 7. The molecule has 5 rings (SSSR count). The van der Waals surface area contributed by atoms with Gasteiger partial charge in [0, 0.05) is 21.5 Å². The van der Waals surface area contributed by atoms with Crippen LogP contribution in [0.2, 0.25) is 0 Å². The molecule has 5 aromatic rings. The van der Waals surface area contributed by atoms with E-state index in [1.807, 2.05) is 66.0 Å². The molecule has 1 aromatic heterocycles. The summed E-state index contributed by atoms with van der Waals surface area (Å²) in [6.45, 7) is 0. The number of carboxylic acid groups (broad SMARTS) is 1. The van der Waals surface area contributed by atoms with Gasteiger partial charge in [-0.05, 0) is 48.0 Å². The fraction of sp³-hybridized carbons (Fsp3) is 0.0625. The summed E-state index contributed by atoms with van der Waals surface area (Å²) < 4.78 is 5.45. The summed E-state index contributed by atoms with van der Waals surface area (Å²) in [7, 11) is 1.60. The number of nitrogens with one attached hydrogen (secondary N) is 2. The molecule has 10 heteroatoms. The Hall–Kier alpha value is -4.93. The third kappa shape index (κ3) is 6.68. The Kier molecular flexibility index (Phi) is 8.96. The molecule has 0 aliphatic rings. The SMILES string of the molecule is COc1ccccc1-c1csc(NC(=O)C(Sc2cccc(NC(=O)c3ccccc3C(=O)O)c2)c2ccccc2)n1. The molecule has 0 spiro atoms. The van der Waals surface area contributed by atoms with E-state index in [1.54, 1.807) is 37.4 Å². The molecule has 1 heterocycles. The minimum absolute atomic E-state index is 0.0561. The average Bonchev–Trinajstić information content (AvgIpc) is 3.48. The van der Waals surface area contributed by atoms with Gasteiger partial charge in [-0.2, -0.15) is 0 Å². The van der Waals surface area contributed by atoms with Crippen molar-refractivity contribution in [2.75, 3.05) is 17.7 Å². The molecule has 1 unspecified atom stereocenters. The summed E-state index contributed by atoms with van der Waals surface area (Å²) in [4.78, 5) is 43.4. The topological polar surface area (TPSA) is 118 Å². The second-order valence-electron chi connectivity index (χ2n) is 8.97. The summed E-state index contributed by atoms with van der Waals surface area (Å²) >= 11 is 2.65. The van der Waals surface area contributed by atoms with Crippen molar-refractivity contribution in [2.24, 2.45) is 0 Å². The predicted molar refractivity (Wildman–Crippen MR) is 166 cm³/mol. The first-order valence-corrected chi connectivity index (χ1v) is 14.5. The second kappa shape index (κ2) is 13.2. The molecule has 42 heavy (non-hydrogen) atoms. The number of nitrogens with zero attached hydrogens (tertiary/aromatic N) is 1. The number of carbonyl (C=O) groups excluding carboxylic acids is 2. The van der Waals surface area contributed by atoms with Gasteiger partial charge in [-0.3, -0.25) is 9.59 Å². The first-order chi connectivity index (χ1) is 20.4. The minimum Gasteiger partial charge on any atom is -0.496 e. The Labute approximate surface area is 250 Å². The van der Waals surface area contributed by atoms with Crippen LogP contribution in [0.5, 0.6) is 5.75 Å². The zero-order valence-corrected chi connectivity index (χ0v) is 23.9. The smallest absolute Gasteiger partial charge is 0.336 e. The summed E-state index contributed by atoms with van der Waals surface area (Å²) in [5.41, 5.74) is 2.77. The molecule has 3 N–H and O–H groups in total. The van der Waals surface area contributed by atoms with Crippen LogP contribution in [0.25, 0.3) is 11.3 Å². The molecule has 210 valence electrons. The van der Waals surface area contributed by atoms with Gasteiger partial charge < -0.3 is 20.5 Å². The summed E-state index contributed by atoms with van der Waals surface area (Å²) in [5.74, 6) is -1.28. The lowest BCUT2D eigenvalue weighted by Gasteiger charge is -2.17. The van der Waals surface area contributed by atoms with Crippen molar-refractivity contribution < 1.29 is 24.2 Å². The Morgan fingerprint density at radius 3 is 2.33 bits per heavy atom. The van der Waals surface area contributed by atoms with Crippen molar-refractivity contribution in [3.63, 3.8) is 0 Å². The third-order valence-corrected chi connectivity index (χ3v) is 8.21. The van der Waals surface area contributed by atoms with Crippen molar-refractivity contribution in [1.82, 2.24) is 4.98 Å². The number of rotatable bonds is 10. The maximum Gasteiger partial charge on any atom is 0.336 e. The summed E-state index contributed by atoms with van der Waals surface area (Å²) in [6.07, 6.45) is 0. The number of ether oxygens (including phenoxy) is 1. The van der Waals surface area contributed by atoms with Crippen LogP contribution in [0.4, 0.5) is 10.8 Å². The molecular formula is C32H25N3O5S2. The molecule has 1 atom stereocenters. The lowest BCUT2D eigenvalue weighted by molar-refractivity contribution is -0.115. The molecule has 0 saturated heterocycles. The maximum absolute atomic E-state index is 13.6. The monoisotopic (exact) mass is 595 g/mol. The van der Waals surface area contributed by atoms with Gasteiger partial charge in [0.2, 0.25) is 5.91 Å². The number of hydrogen-bond donors (Lipinski definition) is 3. The largest absolute Gasteiger partial charge is 0.496 e. The van der Waals surface area contributed by atoms with E-state index in [4.69, 9.17) is 4.74 Å². The van der Waals surface area contributed by atoms with Crippen LogP contribution < -0.4 is 15.4 Å². The van der Waals surface area contributed by atoms with Gasteiger partial charge in [0.25, 0.3) is 5.91 Å². The number of carbonyl (C=O) groups is 3. The third-order valence-electron chi connectivity index (χ3n) is 6.21. The highest BCUT2D eigenvalue weighted by molar-refractivity contribution is 8.00. The molecule has 0 aliphatic carbocycles. The van der Waals surface area contributed by atoms with Gasteiger partial charge >= 0.3 is 5.97 Å². The number of anilines is 2. The summed E-state index contributed by atoms with van der Waals surface area (Å²) in [6, 6.07) is 30.0. The highest BCUT2D eigenvalue weighted by Gasteiger charge is 2.24. The molecule has 4 aromatic carbocycles. The normalized spacial score (nSPS) is 11.4. The van der Waals surface area contributed by atoms with E-state index in [9.17, 15) is 19.5 Å². The molecule has 0 radical (unpaired) electrons. The number of aromatic nitrogens is 1. The molecular weight excluding hydrogens is 571 g/mol. The van der Waals surface area contributed by atoms with Crippen molar-refractivity contribution in [1.29, 1.82) is 0 Å². The zero-order valence-electron chi connectivity index (χ0n) is 22.3. The number of thioether (sulfide) groups is 1. The number of methoxy groups -OCH3 is 1. The number of amides is 2. The van der Waals surface area contributed by atoms with E-state index >= 15 is 0 Å². The molecule has 0 bridgehead atoms. The standard InChI is InChI=1S/C32H25N3O5S2/c1-40-27-17-8-7-16-25(27)26-19-41-32(34-26)35-30(37)28(20-10-3-2-4-11-20)42-22-13-9-12-21(18-22)33-29(36)23-14-5-6-15-24(23)31(38)39/h2-19,28H,1H3,(H,33,36)(H,38,39)(H,34,35,37). The van der Waals surface area contributed by atoms with Crippen LogP contribution in [-0.2, 0) is 4.79 Å². The quantitative estimate of drug-likeness (QED) is 0.146. The van der Waals surface area contributed by atoms with Crippen LogP contribution in [0.1, 0.15) is 31.5 Å². The van der Waals surface area contributed by atoms with Gasteiger partial charge in [0.05, 0.1) is 23.9 Å². The Bertz CT molecular complexity index is 1740. The van der Waals surface area contributed by atoms with Crippen molar-refractivity contribution >= 4 is 51.7 Å². The van der Waals surface area contributed by atoms with Crippen molar-refractivity contribution in [3.8, 4) is 17.0 Å². The van der Waals surface area contributed by atoms with E-state index in [0.717, 1.165) is 16.0 Å². The van der Waals surface area contributed by atoms with Crippen LogP contribution in [0.3, 0.4) is 0 Å². The molecule has 0 saturated carbocycles. The van der Waals surface area contributed by atoms with Gasteiger partial charge in [-0.15, -0.1) is 23.1 Å². The molecule has 8 nitrogen and oxygen atoms in total. The van der Waals surface area contributed by atoms with Crippen LogP contribution >= 0.6 is 23.1 Å². The number of para-hydroxylation sites is 1. The highest BCUT2D eigenvalue weighted by Crippen LogP contribution is 2.38. The van der Waals surface area contributed by atoms with Crippen LogP contribution in [0, 0.1) is 0 Å².